The van der Waals surface area contributed by atoms with Crippen molar-refractivity contribution in [1.82, 2.24) is 4.90 Å². The number of esters is 1. The van der Waals surface area contributed by atoms with E-state index < -0.39 is 5.60 Å². The van der Waals surface area contributed by atoms with Crippen LogP contribution in [0.1, 0.15) is 25.7 Å². The first-order chi connectivity index (χ1) is 10.6. The van der Waals surface area contributed by atoms with Crippen LogP contribution in [0.15, 0.2) is 21.3 Å². The van der Waals surface area contributed by atoms with Gasteiger partial charge in [-0.15, -0.1) is 0 Å². The summed E-state index contributed by atoms with van der Waals surface area (Å²) >= 11 is 2.35. The van der Waals surface area contributed by atoms with E-state index in [1.807, 2.05) is 0 Å². The zero-order chi connectivity index (χ0) is 15.5. The molecule has 4 aliphatic heterocycles. The summed E-state index contributed by atoms with van der Waals surface area (Å²) in [4.78, 5) is 14.5. The highest BCUT2D eigenvalue weighted by Crippen LogP contribution is 2.54. The van der Waals surface area contributed by atoms with Crippen molar-refractivity contribution in [1.29, 1.82) is 0 Å². The molecule has 6 heteroatoms. The third-order valence-corrected chi connectivity index (χ3v) is 6.53. The molecule has 2 saturated heterocycles. The lowest BCUT2D eigenvalue weighted by molar-refractivity contribution is -0.172. The Morgan fingerprint density at radius 3 is 2.86 bits per heavy atom. The Hall–Kier alpha value is -0.440. The zero-order valence-electron chi connectivity index (χ0n) is 12.8. The monoisotopic (exact) mass is 417 g/mol. The highest BCUT2D eigenvalue weighted by Gasteiger charge is 2.61. The average Bonchev–Trinajstić information content (AvgIpc) is 3.03. The zero-order valence-corrected chi connectivity index (χ0v) is 14.9. The van der Waals surface area contributed by atoms with E-state index >= 15 is 0 Å². The molecule has 0 amide bonds. The van der Waals surface area contributed by atoms with Gasteiger partial charge in [-0.3, -0.25) is 4.90 Å². The fourth-order valence-corrected chi connectivity index (χ4v) is 5.84. The number of rotatable bonds is 3. The fourth-order valence-electron chi connectivity index (χ4n) is 4.81. The molecular formula is C16H20INO4. The number of nitrogens with zero attached hydrogens (tertiary/aromatic N) is 1. The molecule has 5 nitrogen and oxygen atoms in total. The summed E-state index contributed by atoms with van der Waals surface area (Å²) in [5.74, 6) is -0.198. The van der Waals surface area contributed by atoms with E-state index in [-0.39, 0.29) is 24.3 Å². The Balaban J connectivity index is 1.78. The summed E-state index contributed by atoms with van der Waals surface area (Å²) in [7, 11) is 3.38. The lowest BCUT2D eigenvalue weighted by Crippen LogP contribution is -2.60. The van der Waals surface area contributed by atoms with E-state index in [9.17, 15) is 4.79 Å². The van der Waals surface area contributed by atoms with Crippen LogP contribution in [-0.2, 0) is 19.0 Å². The molecule has 0 aromatic heterocycles. The Morgan fingerprint density at radius 2 is 2.14 bits per heavy atom. The van der Waals surface area contributed by atoms with Gasteiger partial charge in [0.2, 0.25) is 0 Å². The first kappa shape index (κ1) is 15.1. The smallest absolute Gasteiger partial charge is 0.332 e. The quantitative estimate of drug-likeness (QED) is 0.400. The van der Waals surface area contributed by atoms with Gasteiger partial charge < -0.3 is 14.2 Å². The average molecular weight is 417 g/mol. The second-order valence-electron chi connectivity index (χ2n) is 6.44. The maximum absolute atomic E-state index is 12.0. The largest absolute Gasteiger partial charge is 0.449 e. The summed E-state index contributed by atoms with van der Waals surface area (Å²) in [6, 6.07) is 0.805. The second-order valence-corrected chi connectivity index (χ2v) is 7.60. The van der Waals surface area contributed by atoms with Crippen molar-refractivity contribution in [3.8, 4) is 0 Å². The van der Waals surface area contributed by atoms with Gasteiger partial charge in [-0.05, 0) is 48.3 Å². The van der Waals surface area contributed by atoms with Gasteiger partial charge in [0, 0.05) is 35.5 Å². The number of hydrogen-bond acceptors (Lipinski definition) is 5. The van der Waals surface area contributed by atoms with Gasteiger partial charge in [-0.2, -0.15) is 0 Å². The number of halogens is 1. The number of carbonyl (C=O) groups excluding carboxylic acids is 1. The first-order valence-corrected chi connectivity index (χ1v) is 8.84. The minimum Gasteiger partial charge on any atom is -0.449 e. The molecule has 0 aromatic carbocycles. The van der Waals surface area contributed by atoms with Crippen LogP contribution in [0.4, 0.5) is 0 Å². The Bertz CT molecular complexity index is 570. The Kier molecular flexibility index (Phi) is 3.63. The van der Waals surface area contributed by atoms with Crippen molar-refractivity contribution in [2.45, 2.75) is 55.7 Å². The van der Waals surface area contributed by atoms with Gasteiger partial charge in [0.1, 0.15) is 0 Å². The SMILES string of the molecule is COC(OC)C1CC[C@H]2N1[C@@H]1C=C(I)C3=CC(=O)O[C@@]32CC1. The fraction of sp³-hybridized carbons (Fsp3) is 0.688. The molecule has 0 radical (unpaired) electrons. The molecule has 1 spiro atoms. The molecule has 0 aromatic rings. The Morgan fingerprint density at radius 1 is 1.36 bits per heavy atom. The van der Waals surface area contributed by atoms with E-state index in [2.05, 4.69) is 33.6 Å². The molecule has 5 rings (SSSR count). The summed E-state index contributed by atoms with van der Waals surface area (Å²) in [6.07, 6.45) is 7.67. The molecular weight excluding hydrogens is 397 g/mol. The molecule has 5 aliphatic rings. The van der Waals surface area contributed by atoms with Crippen LogP contribution in [0.3, 0.4) is 0 Å². The molecule has 2 bridgehead atoms. The third kappa shape index (κ3) is 1.90. The molecule has 1 unspecified atom stereocenters. The van der Waals surface area contributed by atoms with Crippen molar-refractivity contribution < 1.29 is 19.0 Å². The van der Waals surface area contributed by atoms with Crippen molar-refractivity contribution in [3.05, 3.63) is 21.3 Å². The molecule has 22 heavy (non-hydrogen) atoms. The number of piperidine rings is 1. The highest BCUT2D eigenvalue weighted by atomic mass is 127. The molecule has 0 N–H and O–H groups in total. The van der Waals surface area contributed by atoms with E-state index in [1.165, 1.54) is 0 Å². The van der Waals surface area contributed by atoms with Crippen LogP contribution < -0.4 is 0 Å². The second kappa shape index (κ2) is 5.29. The molecule has 120 valence electrons. The van der Waals surface area contributed by atoms with Crippen molar-refractivity contribution in [2.75, 3.05) is 14.2 Å². The molecule has 4 heterocycles. The van der Waals surface area contributed by atoms with Gasteiger partial charge in [0.15, 0.2) is 11.9 Å². The summed E-state index contributed by atoms with van der Waals surface area (Å²) in [6.45, 7) is 0. The topological polar surface area (TPSA) is 48.0 Å². The summed E-state index contributed by atoms with van der Waals surface area (Å²) in [5.41, 5.74) is 0.623. The van der Waals surface area contributed by atoms with Gasteiger partial charge >= 0.3 is 5.97 Å². The van der Waals surface area contributed by atoms with Crippen LogP contribution in [-0.4, -0.2) is 55.1 Å². The lowest BCUT2D eigenvalue weighted by Gasteiger charge is -2.48. The molecule has 0 saturated carbocycles. The predicted molar refractivity (Wildman–Crippen MR) is 88.5 cm³/mol. The number of ether oxygens (including phenoxy) is 3. The standard InChI is InChI=1S/C16H20INO4/c1-20-15(21-2)12-3-4-13-16-6-5-9(18(12)13)7-11(17)10(16)8-14(19)22-16/h7-9,12-13,15H,3-6H2,1-2H3/t9-,12?,13+,16-/m0/s1. The summed E-state index contributed by atoms with van der Waals surface area (Å²) < 4.78 is 18.1. The van der Waals surface area contributed by atoms with Crippen molar-refractivity contribution in [2.24, 2.45) is 0 Å². The molecule has 1 aliphatic carbocycles. The number of fused-ring (bicyclic) bond motifs is 1. The van der Waals surface area contributed by atoms with Crippen LogP contribution in [0, 0.1) is 0 Å². The van der Waals surface area contributed by atoms with Crippen LogP contribution in [0.5, 0.6) is 0 Å². The highest BCUT2D eigenvalue weighted by molar-refractivity contribution is 14.1. The first-order valence-electron chi connectivity index (χ1n) is 7.76. The van der Waals surface area contributed by atoms with Gasteiger partial charge in [0.05, 0.1) is 12.1 Å². The van der Waals surface area contributed by atoms with Gasteiger partial charge in [0.25, 0.3) is 0 Å². The minimum atomic E-state index is -0.460. The predicted octanol–water partition coefficient (Wildman–Crippen LogP) is 2.16. The normalized spacial score (nSPS) is 40.2. The number of hydrogen-bond donors (Lipinski definition) is 0. The minimum absolute atomic E-state index is 0.198. The van der Waals surface area contributed by atoms with Gasteiger partial charge in [-0.1, -0.05) is 6.08 Å². The van der Waals surface area contributed by atoms with E-state index in [0.29, 0.717) is 6.04 Å². The van der Waals surface area contributed by atoms with E-state index in [1.54, 1.807) is 20.3 Å². The maximum Gasteiger partial charge on any atom is 0.332 e. The van der Waals surface area contributed by atoms with Crippen molar-refractivity contribution in [3.63, 3.8) is 0 Å². The van der Waals surface area contributed by atoms with E-state index in [4.69, 9.17) is 14.2 Å². The van der Waals surface area contributed by atoms with Crippen LogP contribution >= 0.6 is 22.6 Å². The molecule has 2 fully saturated rings. The van der Waals surface area contributed by atoms with Gasteiger partial charge in [-0.25, -0.2) is 4.79 Å². The molecule has 4 atom stereocenters. The van der Waals surface area contributed by atoms with Crippen molar-refractivity contribution >= 4 is 28.6 Å². The number of carbonyl (C=O) groups is 1. The van der Waals surface area contributed by atoms with Crippen LogP contribution in [0.25, 0.3) is 0 Å². The van der Waals surface area contributed by atoms with E-state index in [0.717, 1.165) is 34.8 Å². The van der Waals surface area contributed by atoms with Crippen LogP contribution in [0.2, 0.25) is 0 Å². The summed E-state index contributed by atoms with van der Waals surface area (Å²) in [5, 5.41) is 0. The lowest BCUT2D eigenvalue weighted by atomic mass is 9.79. The Labute approximate surface area is 143 Å². The number of methoxy groups -OCH3 is 2. The maximum atomic E-state index is 12.0. The third-order valence-electron chi connectivity index (χ3n) is 5.59.